The third kappa shape index (κ3) is 5.91. The molecule has 12 heteroatoms. The van der Waals surface area contributed by atoms with Gasteiger partial charge in [-0.05, 0) is 47.9 Å². The quantitative estimate of drug-likeness (QED) is 0.188. The third-order valence-corrected chi connectivity index (χ3v) is 6.58. The summed E-state index contributed by atoms with van der Waals surface area (Å²) in [6, 6.07) is 18.1. The zero-order valence-corrected chi connectivity index (χ0v) is 23.8. The summed E-state index contributed by atoms with van der Waals surface area (Å²) in [4.78, 5) is 16.4. The number of aromatic amines is 2. The normalized spacial score (nSPS) is 11.4. The molecule has 0 spiro atoms. The number of aromatic nitrogens is 4. The number of carbonyl (C=O) groups excluding carboxylic acids is 1. The van der Waals surface area contributed by atoms with Crippen molar-refractivity contribution in [1.29, 1.82) is 0 Å². The number of nitrogens with zero attached hydrogens (tertiary/aromatic N) is 2. The molecule has 0 aliphatic carbocycles. The van der Waals surface area contributed by atoms with Gasteiger partial charge in [0.2, 0.25) is 11.7 Å². The van der Waals surface area contributed by atoms with Gasteiger partial charge in [0.15, 0.2) is 11.5 Å². The van der Waals surface area contributed by atoms with Crippen LogP contribution in [0.5, 0.6) is 23.0 Å². The van der Waals surface area contributed by atoms with Gasteiger partial charge in [0, 0.05) is 28.8 Å². The molecule has 2 aromatic heterocycles. The number of hydrogen-bond donors (Lipinski definition) is 4. The van der Waals surface area contributed by atoms with Gasteiger partial charge in [0.25, 0.3) is 0 Å². The molecule has 1 amide bonds. The van der Waals surface area contributed by atoms with Crippen LogP contribution in [-0.2, 0) is 11.2 Å². The molecule has 1 atom stereocenters. The molecule has 0 bridgehead atoms. The van der Waals surface area contributed by atoms with Crippen molar-refractivity contribution in [3.8, 4) is 45.5 Å². The van der Waals surface area contributed by atoms with Crippen LogP contribution in [0.3, 0.4) is 0 Å². The number of amides is 1. The van der Waals surface area contributed by atoms with Crippen LogP contribution in [0.15, 0.2) is 60.7 Å². The molecule has 11 nitrogen and oxygen atoms in total. The average Bonchev–Trinajstić information content (AvgIpc) is 3.63. The van der Waals surface area contributed by atoms with Crippen LogP contribution >= 0.6 is 12.4 Å². The van der Waals surface area contributed by atoms with E-state index in [9.17, 15) is 4.79 Å². The Bertz CT molecular complexity index is 1610. The van der Waals surface area contributed by atoms with Gasteiger partial charge in [-0.15, -0.1) is 12.4 Å². The summed E-state index contributed by atoms with van der Waals surface area (Å²) in [6.07, 6.45) is 0.344. The first-order valence-electron chi connectivity index (χ1n) is 12.5. The highest BCUT2D eigenvalue weighted by Gasteiger charge is 2.21. The van der Waals surface area contributed by atoms with E-state index in [0.717, 1.165) is 16.6 Å². The molecule has 2 heterocycles. The molecule has 0 saturated carbocycles. The van der Waals surface area contributed by atoms with E-state index < -0.39 is 6.04 Å². The van der Waals surface area contributed by atoms with Crippen molar-refractivity contribution in [2.24, 2.45) is 5.73 Å². The van der Waals surface area contributed by atoms with Crippen LogP contribution in [0.4, 0.5) is 5.69 Å². The minimum Gasteiger partial charge on any atom is -0.495 e. The van der Waals surface area contributed by atoms with Gasteiger partial charge in [-0.1, -0.05) is 18.2 Å². The number of hydrogen-bond acceptors (Lipinski definition) is 8. The average molecular weight is 579 g/mol. The zero-order valence-electron chi connectivity index (χ0n) is 23.0. The highest BCUT2D eigenvalue weighted by Crippen LogP contribution is 2.42. The van der Waals surface area contributed by atoms with Crippen molar-refractivity contribution in [2.75, 3.05) is 33.8 Å². The van der Waals surface area contributed by atoms with E-state index in [1.54, 1.807) is 45.6 Å². The van der Waals surface area contributed by atoms with Crippen LogP contribution in [0.1, 0.15) is 5.69 Å². The molecule has 5 N–H and O–H groups in total. The minimum atomic E-state index is -0.789. The van der Waals surface area contributed by atoms with Crippen LogP contribution in [0, 0.1) is 0 Å². The molecule has 0 aliphatic heterocycles. The van der Waals surface area contributed by atoms with E-state index in [4.69, 9.17) is 24.7 Å². The number of carbonyl (C=O) groups is 1. The predicted octanol–water partition coefficient (Wildman–Crippen LogP) is 4.58. The molecule has 3 aromatic carbocycles. The molecular weight excluding hydrogens is 548 g/mol. The number of nitrogens with one attached hydrogen (secondary N) is 3. The van der Waals surface area contributed by atoms with Gasteiger partial charge < -0.3 is 35.0 Å². The Balaban J connectivity index is 0.00000387. The fourth-order valence-corrected chi connectivity index (χ4v) is 4.60. The molecule has 0 fully saturated rings. The molecule has 0 aliphatic rings. The molecular formula is C29H31ClN6O5. The first-order chi connectivity index (χ1) is 19.4. The van der Waals surface area contributed by atoms with Crippen molar-refractivity contribution in [3.05, 3.63) is 66.4 Å². The Kier molecular flexibility index (Phi) is 9.00. The monoisotopic (exact) mass is 578 g/mol. The summed E-state index contributed by atoms with van der Waals surface area (Å²) in [5, 5.41) is 15.4. The first-order valence-corrected chi connectivity index (χ1v) is 12.5. The lowest BCUT2D eigenvalue weighted by Gasteiger charge is -2.15. The highest BCUT2D eigenvalue weighted by atomic mass is 35.5. The summed E-state index contributed by atoms with van der Waals surface area (Å²) >= 11 is 0. The van der Waals surface area contributed by atoms with E-state index in [-0.39, 0.29) is 18.3 Å². The smallest absolute Gasteiger partial charge is 0.241 e. The van der Waals surface area contributed by atoms with E-state index in [1.165, 1.54) is 7.11 Å². The van der Waals surface area contributed by atoms with Crippen LogP contribution < -0.4 is 30.0 Å². The molecule has 41 heavy (non-hydrogen) atoms. The number of benzene rings is 3. The largest absolute Gasteiger partial charge is 0.495 e. The van der Waals surface area contributed by atoms with E-state index in [0.29, 0.717) is 57.6 Å². The number of para-hydroxylation sites is 1. The summed E-state index contributed by atoms with van der Waals surface area (Å²) in [5.41, 5.74) is 11.1. The van der Waals surface area contributed by atoms with Gasteiger partial charge in [-0.3, -0.25) is 4.79 Å². The van der Waals surface area contributed by atoms with Crippen LogP contribution in [0.2, 0.25) is 0 Å². The predicted molar refractivity (Wildman–Crippen MR) is 159 cm³/mol. The number of halogens is 1. The topological polar surface area (TPSA) is 149 Å². The third-order valence-electron chi connectivity index (χ3n) is 6.58. The lowest BCUT2D eigenvalue weighted by molar-refractivity contribution is -0.117. The van der Waals surface area contributed by atoms with Gasteiger partial charge in [0.05, 0.1) is 40.2 Å². The SMILES string of the molecule is COc1ccc(-c2n[nH]nc2-c2cc(OC)c(OC)c(OC)c2)cc1NC(=O)C(N)Cc1cc2ccccc2[nH]1.Cl. The van der Waals surface area contributed by atoms with Crippen molar-refractivity contribution in [1.82, 2.24) is 20.4 Å². The lowest BCUT2D eigenvalue weighted by Crippen LogP contribution is -2.37. The Morgan fingerprint density at radius 2 is 1.51 bits per heavy atom. The Labute approximate surface area is 242 Å². The van der Waals surface area contributed by atoms with Gasteiger partial charge in [-0.2, -0.15) is 15.4 Å². The second kappa shape index (κ2) is 12.6. The molecule has 5 aromatic rings. The van der Waals surface area contributed by atoms with Gasteiger partial charge in [0.1, 0.15) is 17.1 Å². The standard InChI is InChI=1S/C29H30N6O5.ClH/c1-37-23-10-9-17(26-27(34-35-33-26)18-13-24(38-2)28(40-4)25(14-18)39-3)12-22(23)32-29(36)20(30)15-19-11-16-7-5-6-8-21(16)31-19;/h5-14,20,31H,15,30H2,1-4H3,(H,32,36)(H,33,34,35);1H. The maximum absolute atomic E-state index is 13.1. The summed E-state index contributed by atoms with van der Waals surface area (Å²) in [6.45, 7) is 0. The van der Waals surface area contributed by atoms with E-state index >= 15 is 0 Å². The number of ether oxygens (including phenoxy) is 4. The van der Waals surface area contributed by atoms with Crippen LogP contribution in [-0.4, -0.2) is 60.8 Å². The highest BCUT2D eigenvalue weighted by molar-refractivity contribution is 5.97. The van der Waals surface area contributed by atoms with Crippen molar-refractivity contribution >= 4 is 34.9 Å². The number of rotatable bonds is 10. The lowest BCUT2D eigenvalue weighted by atomic mass is 10.0. The van der Waals surface area contributed by atoms with Gasteiger partial charge in [-0.25, -0.2) is 0 Å². The maximum atomic E-state index is 13.1. The molecule has 1 unspecified atom stereocenters. The second-order valence-electron chi connectivity index (χ2n) is 9.03. The maximum Gasteiger partial charge on any atom is 0.241 e. The number of anilines is 1. The number of H-pyrrole nitrogens is 2. The van der Waals surface area contributed by atoms with E-state index in [2.05, 4.69) is 25.7 Å². The van der Waals surface area contributed by atoms with Crippen molar-refractivity contribution in [2.45, 2.75) is 12.5 Å². The Hall–Kier alpha value is -4.74. The van der Waals surface area contributed by atoms with Gasteiger partial charge >= 0.3 is 0 Å². The van der Waals surface area contributed by atoms with Crippen molar-refractivity contribution in [3.63, 3.8) is 0 Å². The van der Waals surface area contributed by atoms with Crippen molar-refractivity contribution < 1.29 is 23.7 Å². The fourth-order valence-electron chi connectivity index (χ4n) is 4.60. The van der Waals surface area contributed by atoms with Crippen LogP contribution in [0.25, 0.3) is 33.4 Å². The summed E-state index contributed by atoms with van der Waals surface area (Å²) in [7, 11) is 6.17. The second-order valence-corrected chi connectivity index (χ2v) is 9.03. The summed E-state index contributed by atoms with van der Waals surface area (Å²) < 4.78 is 21.9. The fraction of sp³-hybridized carbons (Fsp3) is 0.207. The Morgan fingerprint density at radius 1 is 0.854 bits per heavy atom. The number of fused-ring (bicyclic) bond motifs is 1. The molecule has 0 radical (unpaired) electrons. The summed E-state index contributed by atoms with van der Waals surface area (Å²) in [5.74, 6) is 1.57. The zero-order chi connectivity index (χ0) is 28.2. The Morgan fingerprint density at radius 3 is 2.15 bits per heavy atom. The minimum absolute atomic E-state index is 0. The number of methoxy groups -OCH3 is 4. The molecule has 0 saturated heterocycles. The van der Waals surface area contributed by atoms with E-state index in [1.807, 2.05) is 36.4 Å². The molecule has 214 valence electrons. The molecule has 5 rings (SSSR count). The first kappa shape index (κ1) is 29.2. The number of nitrogens with two attached hydrogens (primary N) is 1.